The monoisotopic (exact) mass is 435 g/mol. The number of rotatable bonds is 8. The van der Waals surface area contributed by atoms with Crippen LogP contribution in [0.1, 0.15) is 35.1 Å². The van der Waals surface area contributed by atoms with Crippen LogP contribution < -0.4 is 4.74 Å². The van der Waals surface area contributed by atoms with Gasteiger partial charge in [0.25, 0.3) is 0 Å². The van der Waals surface area contributed by atoms with Crippen molar-refractivity contribution in [2.45, 2.75) is 30.6 Å². The Balaban J connectivity index is 1.47. The molecule has 0 amide bonds. The third kappa shape index (κ3) is 4.43. The van der Waals surface area contributed by atoms with Gasteiger partial charge in [0.15, 0.2) is 16.8 Å². The number of halogens is 3. The summed E-state index contributed by atoms with van der Waals surface area (Å²) in [6.07, 6.45) is 1.95. The molecule has 150 valence electrons. The number of carbonyl (C=O) groups excluding carboxylic acids is 1. The van der Waals surface area contributed by atoms with E-state index in [1.807, 2.05) is 16.7 Å². The Morgan fingerprint density at radius 1 is 1.14 bits per heavy atom. The fraction of sp³-hybridized carbons (Fsp3) is 0.250. The molecule has 1 aliphatic carbocycles. The number of Topliss-reactive ketones (excluding diaryl/α,β-unsaturated/α-hetero) is 1. The molecule has 0 unspecified atom stereocenters. The van der Waals surface area contributed by atoms with Crippen LogP contribution >= 0.6 is 23.4 Å². The van der Waals surface area contributed by atoms with E-state index in [1.54, 1.807) is 12.1 Å². The van der Waals surface area contributed by atoms with Gasteiger partial charge in [0.05, 0.1) is 16.3 Å². The Labute approximate surface area is 175 Å². The smallest absolute Gasteiger partial charge is 0.192 e. The van der Waals surface area contributed by atoms with E-state index in [1.165, 1.54) is 6.07 Å². The highest BCUT2D eigenvalue weighted by Crippen LogP contribution is 2.39. The van der Waals surface area contributed by atoms with Gasteiger partial charge in [0.1, 0.15) is 24.0 Å². The molecule has 0 radical (unpaired) electrons. The van der Waals surface area contributed by atoms with E-state index in [4.69, 9.17) is 16.3 Å². The van der Waals surface area contributed by atoms with Crippen molar-refractivity contribution >= 4 is 29.1 Å². The molecule has 0 saturated heterocycles. The van der Waals surface area contributed by atoms with Crippen LogP contribution in [-0.2, 0) is 6.61 Å². The van der Waals surface area contributed by atoms with Gasteiger partial charge in [-0.2, -0.15) is 0 Å². The fourth-order valence-electron chi connectivity index (χ4n) is 2.87. The van der Waals surface area contributed by atoms with Gasteiger partial charge < -0.3 is 4.74 Å². The Morgan fingerprint density at radius 3 is 2.55 bits per heavy atom. The lowest BCUT2D eigenvalue weighted by Crippen LogP contribution is -2.10. The second-order valence-electron chi connectivity index (χ2n) is 6.53. The fourth-order valence-corrected chi connectivity index (χ4v) is 3.96. The third-order valence-corrected chi connectivity index (χ3v) is 5.67. The van der Waals surface area contributed by atoms with Crippen molar-refractivity contribution in [2.24, 2.45) is 0 Å². The van der Waals surface area contributed by atoms with Crippen LogP contribution in [0.15, 0.2) is 47.6 Å². The summed E-state index contributed by atoms with van der Waals surface area (Å²) in [5.74, 6) is -1.36. The number of hydrogen-bond donors (Lipinski definition) is 0. The number of para-hydroxylation sites is 1. The Kier molecular flexibility index (Phi) is 5.82. The largest absolute Gasteiger partial charge is 0.484 e. The average Bonchev–Trinajstić information content (AvgIpc) is 3.46. The van der Waals surface area contributed by atoms with E-state index >= 15 is 0 Å². The Morgan fingerprint density at radius 2 is 1.86 bits per heavy atom. The number of thioether (sulfide) groups is 1. The molecule has 1 aliphatic rings. The maximum absolute atomic E-state index is 13.8. The molecule has 5 nitrogen and oxygen atoms in total. The minimum atomic E-state index is -0.868. The minimum absolute atomic E-state index is 0.145. The second kappa shape index (κ2) is 8.51. The topological polar surface area (TPSA) is 57.0 Å². The molecule has 1 fully saturated rings. The molecule has 29 heavy (non-hydrogen) atoms. The quantitative estimate of drug-likeness (QED) is 0.364. The van der Waals surface area contributed by atoms with Gasteiger partial charge in [-0.1, -0.05) is 41.6 Å². The molecule has 1 saturated carbocycles. The predicted octanol–water partition coefficient (Wildman–Crippen LogP) is 5.10. The second-order valence-corrected chi connectivity index (χ2v) is 7.88. The average molecular weight is 436 g/mol. The van der Waals surface area contributed by atoms with Crippen LogP contribution in [0.4, 0.5) is 8.78 Å². The van der Waals surface area contributed by atoms with E-state index in [9.17, 15) is 13.6 Å². The van der Waals surface area contributed by atoms with Crippen molar-refractivity contribution in [3.63, 3.8) is 0 Å². The lowest BCUT2D eigenvalue weighted by molar-refractivity contribution is 0.101. The standard InChI is InChI=1S/C20H16ClF2N3O2S/c21-13-4-1-2-7-17(13)28-10-18-24-25-20(26(18)12-8-9-12)29-11-16(27)19-14(22)5-3-6-15(19)23/h1-7,12H,8-11H2. The number of ketones is 1. The molecule has 2 aromatic carbocycles. The summed E-state index contributed by atoms with van der Waals surface area (Å²) in [6.45, 7) is 0.170. The Bertz CT molecular complexity index is 1040. The summed E-state index contributed by atoms with van der Waals surface area (Å²) >= 11 is 7.21. The van der Waals surface area contributed by atoms with Gasteiger partial charge in [-0.3, -0.25) is 9.36 Å². The number of hydrogen-bond acceptors (Lipinski definition) is 5. The van der Waals surface area contributed by atoms with Crippen molar-refractivity contribution < 1.29 is 18.3 Å². The highest BCUT2D eigenvalue weighted by Gasteiger charge is 2.30. The van der Waals surface area contributed by atoms with E-state index in [-0.39, 0.29) is 18.4 Å². The first-order valence-corrected chi connectivity index (χ1v) is 10.3. The van der Waals surface area contributed by atoms with Crippen LogP contribution in [0.3, 0.4) is 0 Å². The highest BCUT2D eigenvalue weighted by atomic mass is 35.5. The number of aromatic nitrogens is 3. The van der Waals surface area contributed by atoms with E-state index in [0.29, 0.717) is 21.8 Å². The molecule has 0 spiro atoms. The van der Waals surface area contributed by atoms with Gasteiger partial charge in [-0.05, 0) is 37.1 Å². The minimum Gasteiger partial charge on any atom is -0.484 e. The van der Waals surface area contributed by atoms with Crippen LogP contribution in [0.25, 0.3) is 0 Å². The van der Waals surface area contributed by atoms with Crippen LogP contribution in [0.5, 0.6) is 5.75 Å². The van der Waals surface area contributed by atoms with Crippen molar-refractivity contribution in [1.82, 2.24) is 14.8 Å². The van der Waals surface area contributed by atoms with Crippen LogP contribution in [0, 0.1) is 11.6 Å². The van der Waals surface area contributed by atoms with Crippen molar-refractivity contribution in [1.29, 1.82) is 0 Å². The van der Waals surface area contributed by atoms with Gasteiger partial charge in [0.2, 0.25) is 0 Å². The zero-order chi connectivity index (χ0) is 20.4. The SMILES string of the molecule is O=C(CSc1nnc(COc2ccccc2Cl)n1C1CC1)c1c(F)cccc1F. The van der Waals surface area contributed by atoms with Gasteiger partial charge in [-0.25, -0.2) is 8.78 Å². The zero-order valence-corrected chi connectivity index (χ0v) is 16.7. The molecule has 0 bridgehead atoms. The molecular formula is C20H16ClF2N3O2S. The van der Waals surface area contributed by atoms with Crippen molar-refractivity contribution in [2.75, 3.05) is 5.75 Å². The number of nitrogens with zero attached hydrogens (tertiary/aromatic N) is 3. The first-order chi connectivity index (χ1) is 14.0. The predicted molar refractivity (Wildman–Crippen MR) is 105 cm³/mol. The molecule has 1 aromatic heterocycles. The molecule has 1 heterocycles. The maximum Gasteiger partial charge on any atom is 0.192 e. The molecule has 0 atom stereocenters. The normalized spacial score (nSPS) is 13.5. The summed E-state index contributed by atoms with van der Waals surface area (Å²) in [5, 5.41) is 9.34. The first kappa shape index (κ1) is 19.8. The van der Waals surface area contributed by atoms with Crippen molar-refractivity contribution in [3.8, 4) is 5.75 Å². The first-order valence-electron chi connectivity index (χ1n) is 8.95. The van der Waals surface area contributed by atoms with Crippen LogP contribution in [0.2, 0.25) is 5.02 Å². The van der Waals surface area contributed by atoms with E-state index in [2.05, 4.69) is 10.2 Å². The van der Waals surface area contributed by atoms with Crippen LogP contribution in [-0.4, -0.2) is 26.3 Å². The molecule has 3 aromatic rings. The molecule has 4 rings (SSSR count). The summed E-state index contributed by atoms with van der Waals surface area (Å²) < 4.78 is 35.3. The summed E-state index contributed by atoms with van der Waals surface area (Å²) in [4.78, 5) is 12.3. The van der Waals surface area contributed by atoms with Gasteiger partial charge in [0, 0.05) is 6.04 Å². The van der Waals surface area contributed by atoms with Crippen molar-refractivity contribution in [3.05, 3.63) is 70.5 Å². The summed E-state index contributed by atoms with van der Waals surface area (Å²) in [7, 11) is 0. The maximum atomic E-state index is 13.8. The lowest BCUT2D eigenvalue weighted by atomic mass is 10.1. The van der Waals surface area contributed by atoms with Gasteiger partial charge >= 0.3 is 0 Å². The van der Waals surface area contributed by atoms with Gasteiger partial charge in [-0.15, -0.1) is 10.2 Å². The summed E-state index contributed by atoms with van der Waals surface area (Å²) in [5.41, 5.74) is -0.528. The highest BCUT2D eigenvalue weighted by molar-refractivity contribution is 7.99. The van der Waals surface area contributed by atoms with E-state index < -0.39 is 23.0 Å². The molecule has 0 aliphatic heterocycles. The molecule has 0 N–H and O–H groups in total. The van der Waals surface area contributed by atoms with E-state index in [0.717, 1.165) is 36.7 Å². The zero-order valence-electron chi connectivity index (χ0n) is 15.1. The molecular weight excluding hydrogens is 420 g/mol. The number of carbonyl (C=O) groups is 1. The summed E-state index contributed by atoms with van der Waals surface area (Å²) in [6, 6.07) is 10.7. The Hall–Kier alpha value is -2.45. The lowest BCUT2D eigenvalue weighted by Gasteiger charge is -2.10. The number of benzene rings is 2. The molecule has 9 heteroatoms. The number of ether oxygens (including phenoxy) is 1. The third-order valence-electron chi connectivity index (χ3n) is 4.41.